The van der Waals surface area contributed by atoms with Gasteiger partial charge in [-0.05, 0) is 55.7 Å². The normalized spacial score (nSPS) is 11.8. The van der Waals surface area contributed by atoms with Crippen molar-refractivity contribution in [3.8, 4) is 5.75 Å². The molecule has 0 radical (unpaired) electrons. The molecule has 2 aromatic rings. The summed E-state index contributed by atoms with van der Waals surface area (Å²) in [6.45, 7) is 5.69. The minimum atomic E-state index is -0.593. The van der Waals surface area contributed by atoms with Crippen LogP contribution in [0.2, 0.25) is 5.02 Å². The zero-order valence-corrected chi connectivity index (χ0v) is 13.8. The van der Waals surface area contributed by atoms with Gasteiger partial charge in [0.1, 0.15) is 5.75 Å². The summed E-state index contributed by atoms with van der Waals surface area (Å²) in [6, 6.07) is 13.1. The van der Waals surface area contributed by atoms with Crippen molar-refractivity contribution in [2.24, 2.45) is 0 Å². The number of carbonyl (C=O) groups is 1. The smallest absolute Gasteiger partial charge is 0.265 e. The third kappa shape index (κ3) is 4.01. The number of carbonyl (C=O) groups excluding carboxylic acids is 1. The summed E-state index contributed by atoms with van der Waals surface area (Å²) in [5.41, 5.74) is 2.84. The van der Waals surface area contributed by atoms with E-state index in [1.54, 1.807) is 19.1 Å². The van der Waals surface area contributed by atoms with Crippen LogP contribution in [0.5, 0.6) is 5.75 Å². The topological polar surface area (TPSA) is 38.3 Å². The van der Waals surface area contributed by atoms with Gasteiger partial charge >= 0.3 is 0 Å². The Hall–Kier alpha value is -2.00. The van der Waals surface area contributed by atoms with Gasteiger partial charge in [-0.25, -0.2) is 0 Å². The first-order valence-electron chi connectivity index (χ1n) is 7.33. The lowest BCUT2D eigenvalue weighted by Crippen LogP contribution is -2.30. The first-order valence-corrected chi connectivity index (χ1v) is 7.70. The van der Waals surface area contributed by atoms with Crippen molar-refractivity contribution >= 4 is 23.2 Å². The molecular weight excluding hydrogens is 298 g/mol. The Labute approximate surface area is 136 Å². The highest BCUT2D eigenvalue weighted by Gasteiger charge is 2.16. The molecular formula is C18H20ClNO2. The van der Waals surface area contributed by atoms with E-state index in [9.17, 15) is 4.79 Å². The molecule has 22 heavy (non-hydrogen) atoms. The molecule has 0 saturated carbocycles. The lowest BCUT2D eigenvalue weighted by atomic mass is 10.1. The van der Waals surface area contributed by atoms with Crippen LogP contribution < -0.4 is 10.1 Å². The van der Waals surface area contributed by atoms with Crippen molar-refractivity contribution < 1.29 is 9.53 Å². The number of nitrogens with one attached hydrogen (secondary N) is 1. The van der Waals surface area contributed by atoms with Crippen LogP contribution in [-0.2, 0) is 11.2 Å². The fraction of sp³-hybridized carbons (Fsp3) is 0.278. The monoisotopic (exact) mass is 317 g/mol. The first-order chi connectivity index (χ1) is 10.5. The average Bonchev–Trinajstić information content (AvgIpc) is 2.50. The van der Waals surface area contributed by atoms with E-state index in [2.05, 4.69) is 12.2 Å². The van der Waals surface area contributed by atoms with E-state index in [0.717, 1.165) is 23.2 Å². The molecule has 3 nitrogen and oxygen atoms in total. The molecule has 0 aromatic heterocycles. The Balaban J connectivity index is 2.06. The third-order valence-corrected chi connectivity index (χ3v) is 3.70. The van der Waals surface area contributed by atoms with E-state index in [1.807, 2.05) is 37.3 Å². The number of para-hydroxylation sites is 1. The van der Waals surface area contributed by atoms with Crippen molar-refractivity contribution in [2.45, 2.75) is 33.3 Å². The minimum absolute atomic E-state index is 0.171. The zero-order valence-electron chi connectivity index (χ0n) is 13.0. The summed E-state index contributed by atoms with van der Waals surface area (Å²) in [6.07, 6.45) is 0.270. The number of aryl methyl sites for hydroxylation is 2. The Bertz CT molecular complexity index is 670. The number of rotatable bonds is 5. The van der Waals surface area contributed by atoms with Crippen LogP contribution in [0.4, 0.5) is 5.69 Å². The fourth-order valence-corrected chi connectivity index (χ4v) is 2.40. The Kier molecular flexibility index (Phi) is 5.45. The number of amides is 1. The van der Waals surface area contributed by atoms with Gasteiger partial charge in [0.15, 0.2) is 6.10 Å². The average molecular weight is 318 g/mol. The van der Waals surface area contributed by atoms with Crippen LogP contribution in [0.1, 0.15) is 25.0 Å². The highest BCUT2D eigenvalue weighted by Crippen LogP contribution is 2.23. The Morgan fingerprint density at radius 2 is 2.00 bits per heavy atom. The molecule has 1 N–H and O–H groups in total. The van der Waals surface area contributed by atoms with Gasteiger partial charge in [-0.3, -0.25) is 4.79 Å². The molecule has 4 heteroatoms. The molecule has 0 bridgehead atoms. The van der Waals surface area contributed by atoms with E-state index in [0.29, 0.717) is 10.8 Å². The highest BCUT2D eigenvalue weighted by atomic mass is 35.5. The van der Waals surface area contributed by atoms with Crippen molar-refractivity contribution in [2.75, 3.05) is 5.32 Å². The number of ether oxygens (including phenoxy) is 1. The van der Waals surface area contributed by atoms with E-state index in [4.69, 9.17) is 16.3 Å². The maximum atomic E-state index is 12.3. The SMILES string of the molecule is CCc1ccccc1NC(=O)C(C)Oc1ccc(Cl)cc1C. The van der Waals surface area contributed by atoms with Crippen LogP contribution in [0.3, 0.4) is 0 Å². The standard InChI is InChI=1S/C18H20ClNO2/c1-4-14-7-5-6-8-16(14)20-18(21)13(3)22-17-10-9-15(19)11-12(17)2/h5-11,13H,4H2,1-3H3,(H,20,21). The third-order valence-electron chi connectivity index (χ3n) is 3.47. The largest absolute Gasteiger partial charge is 0.481 e. The quantitative estimate of drug-likeness (QED) is 0.874. The fourth-order valence-electron chi connectivity index (χ4n) is 2.17. The van der Waals surface area contributed by atoms with Crippen molar-refractivity contribution in [1.82, 2.24) is 0 Å². The molecule has 0 aliphatic rings. The van der Waals surface area contributed by atoms with E-state index in [1.165, 1.54) is 0 Å². The van der Waals surface area contributed by atoms with Crippen LogP contribution in [-0.4, -0.2) is 12.0 Å². The van der Waals surface area contributed by atoms with Crippen LogP contribution in [0, 0.1) is 6.92 Å². The zero-order chi connectivity index (χ0) is 16.1. The molecule has 0 saturated heterocycles. The molecule has 2 rings (SSSR count). The van der Waals surface area contributed by atoms with Crippen LogP contribution in [0.25, 0.3) is 0 Å². The second-order valence-electron chi connectivity index (χ2n) is 5.17. The van der Waals surface area contributed by atoms with Crippen molar-refractivity contribution in [1.29, 1.82) is 0 Å². The minimum Gasteiger partial charge on any atom is -0.481 e. The molecule has 0 aliphatic heterocycles. The van der Waals surface area contributed by atoms with Gasteiger partial charge in [-0.15, -0.1) is 0 Å². The molecule has 0 fully saturated rings. The van der Waals surface area contributed by atoms with Gasteiger partial charge in [0, 0.05) is 10.7 Å². The van der Waals surface area contributed by atoms with E-state index >= 15 is 0 Å². The maximum Gasteiger partial charge on any atom is 0.265 e. The number of hydrogen-bond acceptors (Lipinski definition) is 2. The van der Waals surface area contributed by atoms with Gasteiger partial charge in [-0.2, -0.15) is 0 Å². The van der Waals surface area contributed by atoms with Crippen LogP contribution in [0.15, 0.2) is 42.5 Å². The summed E-state index contributed by atoms with van der Waals surface area (Å²) in [7, 11) is 0. The summed E-state index contributed by atoms with van der Waals surface area (Å²) in [4.78, 5) is 12.3. The predicted octanol–water partition coefficient (Wildman–Crippen LogP) is 4.62. The van der Waals surface area contributed by atoms with E-state index in [-0.39, 0.29) is 5.91 Å². The first kappa shape index (κ1) is 16.4. The van der Waals surface area contributed by atoms with Crippen molar-refractivity contribution in [3.05, 3.63) is 58.6 Å². The number of halogens is 1. The molecule has 0 spiro atoms. The molecule has 1 amide bonds. The molecule has 0 aliphatic carbocycles. The molecule has 2 aromatic carbocycles. The van der Waals surface area contributed by atoms with Crippen LogP contribution >= 0.6 is 11.6 Å². The Morgan fingerprint density at radius 3 is 2.68 bits per heavy atom. The summed E-state index contributed by atoms with van der Waals surface area (Å²) < 4.78 is 5.74. The second kappa shape index (κ2) is 7.32. The molecule has 0 heterocycles. The van der Waals surface area contributed by atoms with Crippen molar-refractivity contribution in [3.63, 3.8) is 0 Å². The number of anilines is 1. The summed E-state index contributed by atoms with van der Waals surface area (Å²) in [5, 5.41) is 3.57. The van der Waals surface area contributed by atoms with Gasteiger partial charge in [0.25, 0.3) is 5.91 Å². The summed E-state index contributed by atoms with van der Waals surface area (Å²) in [5.74, 6) is 0.492. The maximum absolute atomic E-state index is 12.3. The van der Waals surface area contributed by atoms with Gasteiger partial charge < -0.3 is 10.1 Å². The van der Waals surface area contributed by atoms with Gasteiger partial charge in [0.2, 0.25) is 0 Å². The predicted molar refractivity (Wildman–Crippen MR) is 90.7 cm³/mol. The Morgan fingerprint density at radius 1 is 1.27 bits per heavy atom. The summed E-state index contributed by atoms with van der Waals surface area (Å²) >= 11 is 5.92. The molecule has 116 valence electrons. The second-order valence-corrected chi connectivity index (χ2v) is 5.61. The van der Waals surface area contributed by atoms with Gasteiger partial charge in [-0.1, -0.05) is 36.7 Å². The number of benzene rings is 2. The number of hydrogen-bond donors (Lipinski definition) is 1. The molecule has 1 unspecified atom stereocenters. The van der Waals surface area contributed by atoms with Gasteiger partial charge in [0.05, 0.1) is 0 Å². The molecule has 1 atom stereocenters. The lowest BCUT2D eigenvalue weighted by Gasteiger charge is -2.17. The highest BCUT2D eigenvalue weighted by molar-refractivity contribution is 6.30. The lowest BCUT2D eigenvalue weighted by molar-refractivity contribution is -0.122. The van der Waals surface area contributed by atoms with E-state index < -0.39 is 6.10 Å².